The number of benzene rings is 1. The van der Waals surface area contributed by atoms with Crippen LogP contribution in [0.5, 0.6) is 5.75 Å². The quantitative estimate of drug-likeness (QED) is 0.624. The van der Waals surface area contributed by atoms with Gasteiger partial charge in [-0.05, 0) is 38.5 Å². The van der Waals surface area contributed by atoms with Crippen molar-refractivity contribution in [2.75, 3.05) is 19.0 Å². The molecule has 0 atom stereocenters. The van der Waals surface area contributed by atoms with Gasteiger partial charge in [0.05, 0.1) is 12.8 Å². The van der Waals surface area contributed by atoms with Crippen LogP contribution in [-0.4, -0.2) is 25.5 Å². The Balaban J connectivity index is 2.91. The minimum absolute atomic E-state index is 0.323. The molecule has 0 saturated heterocycles. The Hall–Kier alpha value is -2.30. The van der Waals surface area contributed by atoms with Crippen LogP contribution >= 0.6 is 0 Å². The predicted molar refractivity (Wildman–Crippen MR) is 83.3 cm³/mol. The summed E-state index contributed by atoms with van der Waals surface area (Å²) in [5, 5.41) is 5.38. The van der Waals surface area contributed by atoms with Crippen LogP contribution in [0.3, 0.4) is 0 Å². The van der Waals surface area contributed by atoms with Gasteiger partial charge in [-0.1, -0.05) is 12.1 Å². The molecule has 0 aliphatic carbocycles. The van der Waals surface area contributed by atoms with E-state index in [1.165, 1.54) is 7.11 Å². The number of aryl methyl sites for hydroxylation is 1. The first-order valence-corrected chi connectivity index (χ1v) is 6.68. The standard InChI is InChI=1S/C16H22N2O3/c1-6-9-17-14(19)16(3,4)15(20)18-12-10-11(2)7-8-13(12)21-5/h6-8,10H,1,9H2,2-5H3,(H,17,19)(H,18,20). The maximum absolute atomic E-state index is 12.4. The molecular weight excluding hydrogens is 268 g/mol. The van der Waals surface area contributed by atoms with Crippen LogP contribution in [0.15, 0.2) is 30.9 Å². The van der Waals surface area contributed by atoms with Gasteiger partial charge in [-0.15, -0.1) is 6.58 Å². The third-order valence-corrected chi connectivity index (χ3v) is 3.15. The lowest BCUT2D eigenvalue weighted by atomic mass is 9.91. The van der Waals surface area contributed by atoms with Crippen LogP contribution in [0.1, 0.15) is 19.4 Å². The number of ether oxygens (including phenoxy) is 1. The topological polar surface area (TPSA) is 67.4 Å². The fourth-order valence-electron chi connectivity index (χ4n) is 1.69. The number of carbonyl (C=O) groups is 2. The van der Waals surface area contributed by atoms with E-state index in [1.807, 2.05) is 13.0 Å². The number of rotatable bonds is 6. The SMILES string of the molecule is C=CCNC(=O)C(C)(C)C(=O)Nc1cc(C)ccc1OC. The number of amides is 2. The van der Waals surface area contributed by atoms with Gasteiger partial charge in [0, 0.05) is 6.54 Å². The minimum atomic E-state index is -1.20. The highest BCUT2D eigenvalue weighted by molar-refractivity contribution is 6.10. The Morgan fingerprint density at radius 3 is 2.57 bits per heavy atom. The average Bonchev–Trinajstić information content (AvgIpc) is 2.44. The lowest BCUT2D eigenvalue weighted by molar-refractivity contribution is -0.138. The molecule has 0 heterocycles. The maximum atomic E-state index is 12.4. The Morgan fingerprint density at radius 1 is 1.33 bits per heavy atom. The zero-order valence-corrected chi connectivity index (χ0v) is 12.9. The van der Waals surface area contributed by atoms with Gasteiger partial charge in [-0.25, -0.2) is 0 Å². The van der Waals surface area contributed by atoms with Gasteiger partial charge in [0.15, 0.2) is 0 Å². The van der Waals surface area contributed by atoms with Crippen molar-refractivity contribution in [3.8, 4) is 5.75 Å². The number of hydrogen-bond donors (Lipinski definition) is 2. The minimum Gasteiger partial charge on any atom is -0.495 e. The van der Waals surface area contributed by atoms with E-state index >= 15 is 0 Å². The van der Waals surface area contributed by atoms with Crippen LogP contribution in [0.4, 0.5) is 5.69 Å². The predicted octanol–water partition coefficient (Wildman–Crippen LogP) is 2.27. The van der Waals surface area contributed by atoms with Crippen molar-refractivity contribution in [1.82, 2.24) is 5.32 Å². The lowest BCUT2D eigenvalue weighted by Gasteiger charge is -2.23. The molecular formula is C16H22N2O3. The third kappa shape index (κ3) is 4.08. The van der Waals surface area contributed by atoms with Crippen molar-refractivity contribution >= 4 is 17.5 Å². The van der Waals surface area contributed by atoms with Gasteiger partial charge in [0.2, 0.25) is 11.8 Å². The van der Waals surface area contributed by atoms with E-state index in [1.54, 1.807) is 32.1 Å². The molecule has 0 aromatic heterocycles. The van der Waals surface area contributed by atoms with Crippen molar-refractivity contribution in [3.63, 3.8) is 0 Å². The molecule has 21 heavy (non-hydrogen) atoms. The zero-order valence-electron chi connectivity index (χ0n) is 12.9. The van der Waals surface area contributed by atoms with Crippen LogP contribution < -0.4 is 15.4 Å². The van der Waals surface area contributed by atoms with Crippen LogP contribution in [-0.2, 0) is 9.59 Å². The third-order valence-electron chi connectivity index (χ3n) is 3.15. The molecule has 0 bridgehead atoms. The molecule has 114 valence electrons. The Bertz CT molecular complexity index is 550. The second-order valence-electron chi connectivity index (χ2n) is 5.28. The highest BCUT2D eigenvalue weighted by Crippen LogP contribution is 2.27. The first kappa shape index (κ1) is 16.8. The molecule has 0 fully saturated rings. The fourth-order valence-corrected chi connectivity index (χ4v) is 1.69. The summed E-state index contributed by atoms with van der Waals surface area (Å²) in [4.78, 5) is 24.4. The Labute approximate surface area is 125 Å². The van der Waals surface area contributed by atoms with E-state index in [0.717, 1.165) is 5.56 Å². The summed E-state index contributed by atoms with van der Waals surface area (Å²) in [6.07, 6.45) is 1.56. The lowest BCUT2D eigenvalue weighted by Crippen LogP contribution is -2.45. The summed E-state index contributed by atoms with van der Waals surface area (Å²) in [6, 6.07) is 5.46. The monoisotopic (exact) mass is 290 g/mol. The first-order chi connectivity index (χ1) is 9.82. The first-order valence-electron chi connectivity index (χ1n) is 6.68. The number of anilines is 1. The Morgan fingerprint density at radius 2 is 2.00 bits per heavy atom. The maximum Gasteiger partial charge on any atom is 0.239 e. The summed E-state index contributed by atoms with van der Waals surface area (Å²) < 4.78 is 5.21. The van der Waals surface area contributed by atoms with E-state index in [-0.39, 0.29) is 5.91 Å². The van der Waals surface area contributed by atoms with Crippen molar-refractivity contribution in [2.45, 2.75) is 20.8 Å². The largest absolute Gasteiger partial charge is 0.495 e. The van der Waals surface area contributed by atoms with Crippen LogP contribution in [0, 0.1) is 12.3 Å². The number of methoxy groups -OCH3 is 1. The normalized spacial score (nSPS) is 10.7. The van der Waals surface area contributed by atoms with Crippen molar-refractivity contribution in [2.24, 2.45) is 5.41 Å². The van der Waals surface area contributed by atoms with Gasteiger partial charge in [-0.2, -0.15) is 0 Å². The molecule has 0 unspecified atom stereocenters. The van der Waals surface area contributed by atoms with Crippen molar-refractivity contribution in [1.29, 1.82) is 0 Å². The summed E-state index contributed by atoms with van der Waals surface area (Å²) in [7, 11) is 1.53. The molecule has 1 aromatic rings. The highest BCUT2D eigenvalue weighted by atomic mass is 16.5. The van der Waals surface area contributed by atoms with E-state index in [0.29, 0.717) is 18.0 Å². The molecule has 0 saturated carbocycles. The van der Waals surface area contributed by atoms with Gasteiger partial charge in [0.1, 0.15) is 11.2 Å². The molecule has 0 aliphatic rings. The van der Waals surface area contributed by atoms with Crippen LogP contribution in [0.2, 0.25) is 0 Å². The molecule has 5 nitrogen and oxygen atoms in total. The number of nitrogens with one attached hydrogen (secondary N) is 2. The Kier molecular flexibility index (Phi) is 5.52. The molecule has 0 radical (unpaired) electrons. The molecule has 0 spiro atoms. The van der Waals surface area contributed by atoms with Crippen molar-refractivity contribution in [3.05, 3.63) is 36.4 Å². The highest BCUT2D eigenvalue weighted by Gasteiger charge is 2.36. The summed E-state index contributed by atoms with van der Waals surface area (Å²) in [5.74, 6) is -0.198. The molecule has 0 aliphatic heterocycles. The molecule has 1 aromatic carbocycles. The van der Waals surface area contributed by atoms with Gasteiger partial charge in [-0.3, -0.25) is 9.59 Å². The van der Waals surface area contributed by atoms with Gasteiger partial charge in [0.25, 0.3) is 0 Å². The summed E-state index contributed by atoms with van der Waals surface area (Å²) in [5.41, 5.74) is 0.338. The summed E-state index contributed by atoms with van der Waals surface area (Å²) >= 11 is 0. The van der Waals surface area contributed by atoms with Crippen molar-refractivity contribution < 1.29 is 14.3 Å². The molecule has 2 amide bonds. The molecule has 1 rings (SSSR count). The summed E-state index contributed by atoms with van der Waals surface area (Å²) in [6.45, 7) is 8.91. The number of hydrogen-bond acceptors (Lipinski definition) is 3. The van der Waals surface area contributed by atoms with E-state index in [4.69, 9.17) is 4.74 Å². The fraction of sp³-hybridized carbons (Fsp3) is 0.375. The molecule has 2 N–H and O–H groups in total. The second-order valence-corrected chi connectivity index (χ2v) is 5.28. The van der Waals surface area contributed by atoms with Gasteiger partial charge < -0.3 is 15.4 Å². The van der Waals surface area contributed by atoms with E-state index in [9.17, 15) is 9.59 Å². The second kappa shape index (κ2) is 6.92. The van der Waals surface area contributed by atoms with E-state index < -0.39 is 11.3 Å². The number of carbonyl (C=O) groups excluding carboxylic acids is 2. The van der Waals surface area contributed by atoms with E-state index in [2.05, 4.69) is 17.2 Å². The average molecular weight is 290 g/mol. The smallest absolute Gasteiger partial charge is 0.239 e. The van der Waals surface area contributed by atoms with Crippen LogP contribution in [0.25, 0.3) is 0 Å². The zero-order chi connectivity index (χ0) is 16.0. The van der Waals surface area contributed by atoms with Gasteiger partial charge >= 0.3 is 0 Å². The molecule has 5 heteroatoms.